The Labute approximate surface area is 212 Å². The number of hydrogen-bond donors (Lipinski definition) is 1. The van der Waals surface area contributed by atoms with E-state index in [0.717, 1.165) is 71.1 Å². The van der Waals surface area contributed by atoms with E-state index in [1.807, 2.05) is 59.5 Å². The summed E-state index contributed by atoms with van der Waals surface area (Å²) in [5.74, 6) is 1.81. The molecular weight excluding hydrogens is 446 g/mol. The van der Waals surface area contributed by atoms with E-state index >= 15 is 0 Å². The third kappa shape index (κ3) is 5.13. The van der Waals surface area contributed by atoms with Crippen molar-refractivity contribution in [2.45, 2.75) is 32.6 Å². The van der Waals surface area contributed by atoms with Gasteiger partial charge in [0.15, 0.2) is 0 Å². The number of amides is 1. The summed E-state index contributed by atoms with van der Waals surface area (Å²) < 4.78 is 6.55. The molecule has 0 aromatic heterocycles. The molecule has 0 radical (unpaired) electrons. The van der Waals surface area contributed by atoms with Crippen LogP contribution in [-0.4, -0.2) is 29.0 Å². The number of carbonyl (C=O) groups excluding carboxylic acids is 1. The van der Waals surface area contributed by atoms with Crippen LogP contribution in [0.25, 0.3) is 28.0 Å². The van der Waals surface area contributed by atoms with Crippen molar-refractivity contribution in [3.8, 4) is 28.4 Å². The number of aryl methyl sites for hydroxylation is 1. The quantitative estimate of drug-likeness (QED) is 0.291. The molecule has 0 aliphatic carbocycles. The fraction of sp³-hybridized carbons (Fsp3) is 0.219. The van der Waals surface area contributed by atoms with Gasteiger partial charge in [-0.25, -0.2) is 0 Å². The minimum atomic E-state index is 0.0774. The molecule has 4 nitrogen and oxygen atoms in total. The van der Waals surface area contributed by atoms with Crippen LogP contribution in [0.4, 0.5) is 0 Å². The summed E-state index contributed by atoms with van der Waals surface area (Å²) in [6.07, 6.45) is 7.75. The smallest absolute Gasteiger partial charge is 0.246 e. The molecule has 1 aliphatic heterocycles. The molecule has 0 saturated carbocycles. The number of likely N-dealkylation sites (tertiary alicyclic amines) is 1. The Kier molecular flexibility index (Phi) is 7.03. The Morgan fingerprint density at radius 2 is 1.69 bits per heavy atom. The van der Waals surface area contributed by atoms with Crippen molar-refractivity contribution >= 4 is 22.8 Å². The van der Waals surface area contributed by atoms with Gasteiger partial charge in [-0.1, -0.05) is 55.5 Å². The van der Waals surface area contributed by atoms with Gasteiger partial charge in [0.25, 0.3) is 0 Å². The maximum atomic E-state index is 12.5. The van der Waals surface area contributed by atoms with Crippen molar-refractivity contribution in [2.75, 3.05) is 13.1 Å². The van der Waals surface area contributed by atoms with Gasteiger partial charge in [-0.2, -0.15) is 0 Å². The van der Waals surface area contributed by atoms with Crippen LogP contribution < -0.4 is 4.74 Å². The molecule has 1 heterocycles. The first-order valence-corrected chi connectivity index (χ1v) is 12.7. The summed E-state index contributed by atoms with van der Waals surface area (Å²) in [5, 5.41) is 12.0. The molecule has 0 spiro atoms. The van der Waals surface area contributed by atoms with Crippen LogP contribution in [0.5, 0.6) is 17.2 Å². The highest BCUT2D eigenvalue weighted by atomic mass is 16.5. The van der Waals surface area contributed by atoms with Crippen molar-refractivity contribution in [2.24, 2.45) is 0 Å². The Hall–Kier alpha value is -4.05. The zero-order valence-electron chi connectivity index (χ0n) is 20.6. The number of phenolic OH excluding ortho intramolecular Hbond substituents is 1. The Morgan fingerprint density at radius 3 is 2.42 bits per heavy atom. The van der Waals surface area contributed by atoms with Gasteiger partial charge in [0.05, 0.1) is 0 Å². The second-order valence-corrected chi connectivity index (χ2v) is 9.26. The molecule has 1 N–H and O–H groups in total. The number of benzene rings is 4. The highest BCUT2D eigenvalue weighted by Gasteiger charge is 2.17. The first-order chi connectivity index (χ1) is 17.6. The van der Waals surface area contributed by atoms with Crippen LogP contribution in [0, 0.1) is 0 Å². The maximum Gasteiger partial charge on any atom is 0.246 e. The molecule has 1 amide bonds. The summed E-state index contributed by atoms with van der Waals surface area (Å²) in [5.41, 5.74) is 4.26. The summed E-state index contributed by atoms with van der Waals surface area (Å²) >= 11 is 0. The van der Waals surface area contributed by atoms with Crippen LogP contribution in [0.3, 0.4) is 0 Å². The Bertz CT molecular complexity index is 1380. The van der Waals surface area contributed by atoms with E-state index in [0.29, 0.717) is 5.75 Å². The molecular formula is C32H31NO3. The van der Waals surface area contributed by atoms with Crippen LogP contribution in [0.15, 0.2) is 84.9 Å². The second-order valence-electron chi connectivity index (χ2n) is 9.26. The van der Waals surface area contributed by atoms with Gasteiger partial charge in [-0.3, -0.25) is 4.79 Å². The normalized spacial score (nSPS) is 13.9. The minimum Gasteiger partial charge on any atom is -0.508 e. The van der Waals surface area contributed by atoms with E-state index in [9.17, 15) is 9.90 Å². The van der Waals surface area contributed by atoms with Gasteiger partial charge in [0.1, 0.15) is 17.2 Å². The highest BCUT2D eigenvalue weighted by molar-refractivity contribution is 5.98. The lowest BCUT2D eigenvalue weighted by Gasteiger charge is -2.25. The average molecular weight is 478 g/mol. The largest absolute Gasteiger partial charge is 0.508 e. The van der Waals surface area contributed by atoms with E-state index in [1.165, 1.54) is 6.42 Å². The van der Waals surface area contributed by atoms with Crippen molar-refractivity contribution in [3.63, 3.8) is 0 Å². The first-order valence-electron chi connectivity index (χ1n) is 12.7. The molecule has 5 rings (SSSR count). The van der Waals surface area contributed by atoms with E-state index in [1.54, 1.807) is 18.2 Å². The lowest BCUT2D eigenvalue weighted by molar-refractivity contribution is -0.126. The van der Waals surface area contributed by atoms with Gasteiger partial charge in [0, 0.05) is 30.1 Å². The number of nitrogens with zero attached hydrogens (tertiary/aromatic N) is 1. The van der Waals surface area contributed by atoms with Crippen LogP contribution in [0.1, 0.15) is 37.3 Å². The lowest BCUT2D eigenvalue weighted by Crippen LogP contribution is -2.34. The minimum absolute atomic E-state index is 0.0774. The van der Waals surface area contributed by atoms with Gasteiger partial charge < -0.3 is 14.7 Å². The van der Waals surface area contributed by atoms with E-state index in [4.69, 9.17) is 4.74 Å². The number of carbonyl (C=O) groups is 1. The third-order valence-electron chi connectivity index (χ3n) is 6.79. The summed E-state index contributed by atoms with van der Waals surface area (Å²) in [4.78, 5) is 14.4. The highest BCUT2D eigenvalue weighted by Crippen LogP contribution is 2.43. The topological polar surface area (TPSA) is 49.8 Å². The fourth-order valence-corrected chi connectivity index (χ4v) is 4.87. The molecule has 1 saturated heterocycles. The predicted molar refractivity (Wildman–Crippen MR) is 146 cm³/mol. The number of ether oxygens (including phenoxy) is 1. The van der Waals surface area contributed by atoms with E-state index in [2.05, 4.69) is 25.1 Å². The Morgan fingerprint density at radius 1 is 0.944 bits per heavy atom. The summed E-state index contributed by atoms with van der Waals surface area (Å²) in [7, 11) is 0. The number of hydrogen-bond acceptors (Lipinski definition) is 3. The molecule has 1 aliphatic rings. The SMILES string of the molecule is CCc1cc2cc(O)ccc2c(Oc2ccc(/C=C/C(=O)N3CCCCC3)cc2)c1-c1ccccc1. The van der Waals surface area contributed by atoms with E-state index in [-0.39, 0.29) is 11.7 Å². The van der Waals surface area contributed by atoms with Gasteiger partial charge in [0.2, 0.25) is 5.91 Å². The summed E-state index contributed by atoms with van der Waals surface area (Å²) in [6, 6.07) is 25.6. The third-order valence-corrected chi connectivity index (χ3v) is 6.79. The second kappa shape index (κ2) is 10.7. The molecule has 4 aromatic carbocycles. The molecule has 4 aromatic rings. The number of piperidine rings is 1. The molecule has 0 bridgehead atoms. The molecule has 182 valence electrons. The number of rotatable bonds is 6. The van der Waals surface area contributed by atoms with Crippen LogP contribution in [0.2, 0.25) is 0 Å². The van der Waals surface area contributed by atoms with Gasteiger partial charge in [-0.05, 0) is 84.2 Å². The number of aromatic hydroxyl groups is 1. The van der Waals surface area contributed by atoms with Crippen molar-refractivity contribution in [3.05, 3.63) is 96.1 Å². The predicted octanol–water partition coefficient (Wildman–Crippen LogP) is 7.59. The zero-order valence-corrected chi connectivity index (χ0v) is 20.6. The molecule has 36 heavy (non-hydrogen) atoms. The monoisotopic (exact) mass is 477 g/mol. The lowest BCUT2D eigenvalue weighted by atomic mass is 9.92. The molecule has 4 heteroatoms. The van der Waals surface area contributed by atoms with Gasteiger partial charge >= 0.3 is 0 Å². The number of fused-ring (bicyclic) bond motifs is 1. The standard InChI is InChI=1S/C32H31NO3/c1-2-24-21-26-22-27(34)14-17-29(26)32(31(24)25-9-5-3-6-10-25)36-28-15-11-23(12-16-28)13-18-30(35)33-19-7-4-8-20-33/h3,5-6,9-18,21-22,34H,2,4,7-8,19-20H2,1H3/b18-13+. The zero-order chi connectivity index (χ0) is 24.9. The van der Waals surface area contributed by atoms with Crippen LogP contribution in [-0.2, 0) is 11.2 Å². The first kappa shape index (κ1) is 23.7. The van der Waals surface area contributed by atoms with Crippen molar-refractivity contribution < 1.29 is 14.6 Å². The molecule has 1 fully saturated rings. The maximum absolute atomic E-state index is 12.5. The van der Waals surface area contributed by atoms with Gasteiger partial charge in [-0.15, -0.1) is 0 Å². The molecule has 0 unspecified atom stereocenters. The summed E-state index contributed by atoms with van der Waals surface area (Å²) in [6.45, 7) is 3.83. The fourth-order valence-electron chi connectivity index (χ4n) is 4.87. The Balaban J connectivity index is 1.47. The average Bonchev–Trinajstić information content (AvgIpc) is 2.93. The van der Waals surface area contributed by atoms with Crippen molar-refractivity contribution in [1.29, 1.82) is 0 Å². The van der Waals surface area contributed by atoms with Crippen molar-refractivity contribution in [1.82, 2.24) is 4.90 Å². The van der Waals surface area contributed by atoms with E-state index < -0.39 is 0 Å². The molecule has 0 atom stereocenters. The number of phenols is 1. The van der Waals surface area contributed by atoms with Crippen LogP contribution >= 0.6 is 0 Å².